The standard InChI is InChI=1S/C42H34B2N2O4/c1-3-11-33(12-4-1)45(35-23-19-31(20-24-35)43-47-27-28-48-43)41-37-15-7-9-17-39(37)42(40-18-10-8-16-38(40)41)46(34-13-5-2-6-14-34)36-25-21-32(22-26-36)44-49-29-30-50-44/h1-26H,27-30H2. The van der Waals surface area contributed by atoms with Gasteiger partial charge in [0.15, 0.2) is 0 Å². The summed E-state index contributed by atoms with van der Waals surface area (Å²) in [6, 6.07) is 55.8. The molecule has 50 heavy (non-hydrogen) atoms. The average molecular weight is 652 g/mol. The Hall–Kier alpha value is -5.37. The first-order valence-corrected chi connectivity index (χ1v) is 17.1. The van der Waals surface area contributed by atoms with Crippen molar-refractivity contribution in [1.29, 1.82) is 0 Å². The van der Waals surface area contributed by atoms with E-state index in [1.165, 1.54) is 0 Å². The number of para-hydroxylation sites is 2. The van der Waals surface area contributed by atoms with E-state index < -0.39 is 0 Å². The summed E-state index contributed by atoms with van der Waals surface area (Å²) in [7, 11) is -0.655. The molecule has 9 rings (SSSR count). The second-order valence-corrected chi connectivity index (χ2v) is 12.5. The Morgan fingerprint density at radius 3 is 0.920 bits per heavy atom. The molecule has 2 aliphatic rings. The van der Waals surface area contributed by atoms with Crippen LogP contribution >= 0.6 is 0 Å². The Morgan fingerprint density at radius 1 is 0.320 bits per heavy atom. The highest BCUT2D eigenvalue weighted by Crippen LogP contribution is 2.50. The minimum atomic E-state index is -0.327. The molecule has 7 aromatic rings. The van der Waals surface area contributed by atoms with E-state index in [9.17, 15) is 0 Å². The third-order valence-electron chi connectivity index (χ3n) is 9.44. The Bertz CT molecular complexity index is 2020. The van der Waals surface area contributed by atoms with Gasteiger partial charge in [-0.15, -0.1) is 0 Å². The molecule has 0 atom stereocenters. The number of nitrogens with zero attached hydrogens (tertiary/aromatic N) is 2. The van der Waals surface area contributed by atoms with E-state index in [4.69, 9.17) is 18.6 Å². The van der Waals surface area contributed by atoms with Gasteiger partial charge < -0.3 is 28.4 Å². The fourth-order valence-electron chi connectivity index (χ4n) is 7.20. The molecule has 8 heteroatoms. The summed E-state index contributed by atoms with van der Waals surface area (Å²) >= 11 is 0. The van der Waals surface area contributed by atoms with Gasteiger partial charge in [0.05, 0.1) is 37.8 Å². The smallest absolute Gasteiger partial charge is 0.405 e. The van der Waals surface area contributed by atoms with Crippen LogP contribution in [-0.2, 0) is 18.6 Å². The molecule has 6 nitrogen and oxygen atoms in total. The maximum atomic E-state index is 5.81. The second-order valence-electron chi connectivity index (χ2n) is 12.5. The third kappa shape index (κ3) is 5.62. The van der Waals surface area contributed by atoms with Gasteiger partial charge in [0.1, 0.15) is 0 Å². The Morgan fingerprint density at radius 2 is 0.600 bits per heavy atom. The first-order valence-electron chi connectivity index (χ1n) is 17.1. The summed E-state index contributed by atoms with van der Waals surface area (Å²) in [5.74, 6) is 0. The molecule has 0 unspecified atom stereocenters. The number of hydrogen-bond donors (Lipinski definition) is 0. The van der Waals surface area contributed by atoms with Gasteiger partial charge in [-0.05, 0) is 59.5 Å². The molecule has 2 fully saturated rings. The summed E-state index contributed by atoms with van der Waals surface area (Å²) in [5, 5.41) is 4.56. The van der Waals surface area contributed by atoms with Crippen molar-refractivity contribution < 1.29 is 18.6 Å². The maximum Gasteiger partial charge on any atom is 0.494 e. The second kappa shape index (κ2) is 13.5. The van der Waals surface area contributed by atoms with Crippen molar-refractivity contribution in [2.75, 3.05) is 36.2 Å². The predicted molar refractivity (Wildman–Crippen MR) is 205 cm³/mol. The first-order chi connectivity index (χ1) is 24.8. The van der Waals surface area contributed by atoms with Gasteiger partial charge in [-0.1, -0.05) is 109 Å². The van der Waals surface area contributed by atoms with Crippen LogP contribution in [0.1, 0.15) is 0 Å². The van der Waals surface area contributed by atoms with Gasteiger partial charge in [-0.25, -0.2) is 0 Å². The van der Waals surface area contributed by atoms with Crippen LogP contribution in [0.5, 0.6) is 0 Å². The van der Waals surface area contributed by atoms with Crippen LogP contribution in [0.25, 0.3) is 21.5 Å². The van der Waals surface area contributed by atoms with Crippen LogP contribution < -0.4 is 20.7 Å². The molecule has 0 N–H and O–H groups in total. The van der Waals surface area contributed by atoms with E-state index >= 15 is 0 Å². The highest BCUT2D eigenvalue weighted by molar-refractivity contribution is 6.62. The number of benzene rings is 7. The minimum Gasteiger partial charge on any atom is -0.405 e. The normalized spacial score (nSPS) is 14.5. The van der Waals surface area contributed by atoms with E-state index in [1.807, 2.05) is 0 Å². The quantitative estimate of drug-likeness (QED) is 0.0934. The van der Waals surface area contributed by atoms with Crippen molar-refractivity contribution >= 4 is 80.8 Å². The minimum absolute atomic E-state index is 0.327. The topological polar surface area (TPSA) is 43.4 Å². The molecule has 2 saturated heterocycles. The molecule has 0 radical (unpaired) electrons. The van der Waals surface area contributed by atoms with Crippen molar-refractivity contribution in [2.24, 2.45) is 0 Å². The number of anilines is 6. The predicted octanol–water partition coefficient (Wildman–Crippen LogP) is 8.42. The van der Waals surface area contributed by atoms with Gasteiger partial charge in [0.2, 0.25) is 0 Å². The van der Waals surface area contributed by atoms with Gasteiger partial charge in [-0.2, -0.15) is 0 Å². The fraction of sp³-hybridized carbons (Fsp3) is 0.0952. The molecule has 242 valence electrons. The van der Waals surface area contributed by atoms with Crippen LogP contribution in [0, 0.1) is 0 Å². The summed E-state index contributed by atoms with van der Waals surface area (Å²) in [5.41, 5.74) is 8.50. The van der Waals surface area contributed by atoms with Crippen molar-refractivity contribution in [1.82, 2.24) is 0 Å². The molecule has 0 bridgehead atoms. The van der Waals surface area contributed by atoms with Crippen LogP contribution in [0.15, 0.2) is 158 Å². The van der Waals surface area contributed by atoms with Crippen LogP contribution in [0.2, 0.25) is 0 Å². The van der Waals surface area contributed by atoms with Crippen LogP contribution in [-0.4, -0.2) is 40.7 Å². The molecule has 0 aromatic heterocycles. The van der Waals surface area contributed by atoms with Crippen molar-refractivity contribution in [3.63, 3.8) is 0 Å². The largest absolute Gasteiger partial charge is 0.494 e. The monoisotopic (exact) mass is 652 g/mol. The van der Waals surface area contributed by atoms with E-state index in [-0.39, 0.29) is 14.2 Å². The molecule has 0 spiro atoms. The van der Waals surface area contributed by atoms with Crippen molar-refractivity contribution in [2.45, 2.75) is 0 Å². The Labute approximate surface area is 292 Å². The highest BCUT2D eigenvalue weighted by atomic mass is 16.6. The van der Waals surface area contributed by atoms with Gasteiger partial charge in [0.25, 0.3) is 0 Å². The molecule has 7 aromatic carbocycles. The molecule has 0 aliphatic carbocycles. The van der Waals surface area contributed by atoms with Gasteiger partial charge >= 0.3 is 14.2 Å². The molecule has 0 saturated carbocycles. The summed E-state index contributed by atoms with van der Waals surface area (Å²) < 4.78 is 23.2. The first kappa shape index (κ1) is 30.7. The zero-order chi connectivity index (χ0) is 33.3. The van der Waals surface area contributed by atoms with E-state index in [1.54, 1.807) is 0 Å². The third-order valence-corrected chi connectivity index (χ3v) is 9.44. The zero-order valence-corrected chi connectivity index (χ0v) is 27.5. The lowest BCUT2D eigenvalue weighted by Crippen LogP contribution is -2.31. The molecule has 2 aliphatic heterocycles. The van der Waals surface area contributed by atoms with E-state index in [2.05, 4.69) is 168 Å². The average Bonchev–Trinajstić information content (AvgIpc) is 3.94. The van der Waals surface area contributed by atoms with Gasteiger partial charge in [-0.3, -0.25) is 0 Å². The fourth-order valence-corrected chi connectivity index (χ4v) is 7.20. The highest BCUT2D eigenvalue weighted by Gasteiger charge is 2.29. The summed E-state index contributed by atoms with van der Waals surface area (Å²) in [4.78, 5) is 4.75. The Kier molecular flexibility index (Phi) is 8.28. The van der Waals surface area contributed by atoms with E-state index in [0.717, 1.165) is 66.6 Å². The molecule has 0 amide bonds. The molecular formula is C42H34B2N2O4. The number of hydrogen-bond acceptors (Lipinski definition) is 6. The zero-order valence-electron chi connectivity index (χ0n) is 27.5. The van der Waals surface area contributed by atoms with Crippen LogP contribution in [0.3, 0.4) is 0 Å². The lowest BCUT2D eigenvalue weighted by Gasteiger charge is -2.33. The number of fused-ring (bicyclic) bond motifs is 2. The van der Waals surface area contributed by atoms with Gasteiger partial charge in [0, 0.05) is 44.3 Å². The van der Waals surface area contributed by atoms with Crippen LogP contribution in [0.4, 0.5) is 34.1 Å². The molecular weight excluding hydrogens is 618 g/mol. The Balaban J connectivity index is 1.28. The lowest BCUT2D eigenvalue weighted by atomic mass is 9.79. The maximum absolute atomic E-state index is 5.81. The van der Waals surface area contributed by atoms with Crippen molar-refractivity contribution in [3.05, 3.63) is 158 Å². The summed E-state index contributed by atoms with van der Waals surface area (Å²) in [6.45, 7) is 2.45. The van der Waals surface area contributed by atoms with E-state index in [0.29, 0.717) is 26.4 Å². The lowest BCUT2D eigenvalue weighted by molar-refractivity contribution is 0.365. The molecule has 2 heterocycles. The SMILES string of the molecule is c1ccc(N(c2ccc(B3OCCO3)cc2)c2c3ccccc3c(N(c3ccccc3)c3ccc(B4OCCO4)cc3)c3ccccc23)cc1. The number of rotatable bonds is 8. The summed E-state index contributed by atoms with van der Waals surface area (Å²) in [6.07, 6.45) is 0. The van der Waals surface area contributed by atoms with Crippen molar-refractivity contribution in [3.8, 4) is 0 Å².